The van der Waals surface area contributed by atoms with Crippen LogP contribution in [0.3, 0.4) is 0 Å². The first-order valence-electron chi connectivity index (χ1n) is 7.43. The number of nitrogens with one attached hydrogen (secondary N) is 1. The van der Waals surface area contributed by atoms with Crippen molar-refractivity contribution < 1.29 is 0 Å². The summed E-state index contributed by atoms with van der Waals surface area (Å²) in [4.78, 5) is 0. The molecule has 0 saturated carbocycles. The van der Waals surface area contributed by atoms with Gasteiger partial charge < -0.3 is 5.32 Å². The Balaban J connectivity index is 2.26. The molecule has 0 saturated heterocycles. The highest BCUT2D eigenvalue weighted by Crippen LogP contribution is 2.27. The molecule has 0 spiro atoms. The van der Waals surface area contributed by atoms with Gasteiger partial charge in [-0.15, -0.1) is 5.10 Å². The van der Waals surface area contributed by atoms with E-state index in [-0.39, 0.29) is 11.0 Å². The van der Waals surface area contributed by atoms with Gasteiger partial charge in [-0.1, -0.05) is 44.2 Å². The fraction of sp³-hybridized carbons (Fsp3) is 0.529. The lowest BCUT2D eigenvalue weighted by Crippen LogP contribution is -2.35. The third-order valence-corrected chi connectivity index (χ3v) is 3.30. The molecule has 0 bridgehead atoms. The van der Waals surface area contributed by atoms with Crippen LogP contribution in [0, 0.1) is 0 Å². The highest BCUT2D eigenvalue weighted by molar-refractivity contribution is 5.44. The van der Waals surface area contributed by atoms with Crippen LogP contribution in [0.4, 0.5) is 0 Å². The zero-order valence-corrected chi connectivity index (χ0v) is 13.9. The Morgan fingerprint density at radius 3 is 2.33 bits per heavy atom. The van der Waals surface area contributed by atoms with Crippen molar-refractivity contribution in [3.63, 3.8) is 0 Å². The van der Waals surface area contributed by atoms with Gasteiger partial charge in [0, 0.05) is 12.1 Å². The van der Waals surface area contributed by atoms with Gasteiger partial charge in [0.25, 0.3) is 0 Å². The third kappa shape index (κ3) is 4.14. The minimum atomic E-state index is 0.0758. The summed E-state index contributed by atoms with van der Waals surface area (Å²) in [6.45, 7) is 13.8. The first kappa shape index (κ1) is 15.7. The minimum absolute atomic E-state index is 0.0758. The van der Waals surface area contributed by atoms with Gasteiger partial charge in [-0.3, -0.25) is 0 Å². The molecule has 21 heavy (non-hydrogen) atoms. The second kappa shape index (κ2) is 5.60. The molecular formula is C17H26N4. The molecule has 4 nitrogen and oxygen atoms in total. The van der Waals surface area contributed by atoms with Crippen molar-refractivity contribution in [3.8, 4) is 5.69 Å². The van der Waals surface area contributed by atoms with Gasteiger partial charge in [-0.2, -0.15) is 0 Å². The molecule has 0 radical (unpaired) electrons. The molecule has 0 fully saturated rings. The van der Waals surface area contributed by atoms with E-state index in [1.165, 1.54) is 5.56 Å². The van der Waals surface area contributed by atoms with E-state index in [0.29, 0.717) is 0 Å². The first-order chi connectivity index (χ1) is 9.67. The summed E-state index contributed by atoms with van der Waals surface area (Å²) in [6.07, 6.45) is 2.00. The second-order valence-electron chi connectivity index (χ2n) is 7.53. The van der Waals surface area contributed by atoms with Crippen molar-refractivity contribution in [1.82, 2.24) is 20.3 Å². The summed E-state index contributed by atoms with van der Waals surface area (Å²) >= 11 is 0. The molecule has 4 heteroatoms. The largest absolute Gasteiger partial charge is 0.306 e. The summed E-state index contributed by atoms with van der Waals surface area (Å²) < 4.78 is 1.88. The Kier molecular flexibility index (Phi) is 4.19. The van der Waals surface area contributed by atoms with E-state index in [0.717, 1.165) is 17.9 Å². The number of nitrogens with zero attached hydrogens (tertiary/aromatic N) is 3. The van der Waals surface area contributed by atoms with E-state index in [1.807, 2.05) is 16.9 Å². The Bertz CT molecular complexity index is 600. The second-order valence-corrected chi connectivity index (χ2v) is 7.53. The van der Waals surface area contributed by atoms with Crippen LogP contribution in [-0.2, 0) is 12.0 Å². The van der Waals surface area contributed by atoms with Gasteiger partial charge in [0.2, 0.25) is 0 Å². The van der Waals surface area contributed by atoms with Crippen molar-refractivity contribution >= 4 is 0 Å². The van der Waals surface area contributed by atoms with Crippen molar-refractivity contribution in [2.75, 3.05) is 0 Å². The average Bonchev–Trinajstić information content (AvgIpc) is 2.83. The zero-order valence-electron chi connectivity index (χ0n) is 13.9. The van der Waals surface area contributed by atoms with Crippen molar-refractivity contribution in [2.45, 2.75) is 59.0 Å². The van der Waals surface area contributed by atoms with E-state index >= 15 is 0 Å². The Morgan fingerprint density at radius 1 is 1.05 bits per heavy atom. The van der Waals surface area contributed by atoms with E-state index in [2.05, 4.69) is 75.4 Å². The fourth-order valence-electron chi connectivity index (χ4n) is 2.16. The number of benzene rings is 1. The molecule has 2 aromatic rings. The topological polar surface area (TPSA) is 42.7 Å². The van der Waals surface area contributed by atoms with Crippen LogP contribution in [0.1, 0.15) is 52.8 Å². The summed E-state index contributed by atoms with van der Waals surface area (Å²) in [6, 6.07) is 8.36. The smallest absolute Gasteiger partial charge is 0.0969 e. The molecule has 0 atom stereocenters. The van der Waals surface area contributed by atoms with Crippen LogP contribution in [0.2, 0.25) is 0 Å². The summed E-state index contributed by atoms with van der Waals surface area (Å²) in [5, 5.41) is 12.0. The fourth-order valence-corrected chi connectivity index (χ4v) is 2.16. The molecule has 0 amide bonds. The molecule has 1 heterocycles. The predicted molar refractivity (Wildman–Crippen MR) is 86.7 cm³/mol. The molecule has 0 aliphatic carbocycles. The van der Waals surface area contributed by atoms with Gasteiger partial charge in [0.1, 0.15) is 0 Å². The van der Waals surface area contributed by atoms with Crippen LogP contribution in [0.5, 0.6) is 0 Å². The maximum Gasteiger partial charge on any atom is 0.0969 e. The zero-order chi connectivity index (χ0) is 15.7. The molecule has 2 rings (SSSR count). The average molecular weight is 286 g/mol. The van der Waals surface area contributed by atoms with Crippen molar-refractivity contribution in [3.05, 3.63) is 41.7 Å². The minimum Gasteiger partial charge on any atom is -0.306 e. The van der Waals surface area contributed by atoms with Gasteiger partial charge in [0.05, 0.1) is 17.6 Å². The summed E-state index contributed by atoms with van der Waals surface area (Å²) in [5.41, 5.74) is 3.47. The quantitative estimate of drug-likeness (QED) is 0.939. The van der Waals surface area contributed by atoms with Crippen LogP contribution < -0.4 is 5.32 Å². The van der Waals surface area contributed by atoms with Gasteiger partial charge in [-0.25, -0.2) is 4.68 Å². The Morgan fingerprint density at radius 2 is 1.71 bits per heavy atom. The van der Waals surface area contributed by atoms with Crippen LogP contribution in [0.15, 0.2) is 30.5 Å². The van der Waals surface area contributed by atoms with Crippen LogP contribution in [0.25, 0.3) is 5.69 Å². The number of rotatable bonds is 3. The van der Waals surface area contributed by atoms with Gasteiger partial charge in [0.15, 0.2) is 0 Å². The lowest BCUT2D eigenvalue weighted by Gasteiger charge is -2.22. The SMILES string of the molecule is CC(C)(C)NCc1cn(-c2ccccc2C(C)(C)C)nn1. The normalized spacial score (nSPS) is 12.7. The number of aromatic nitrogens is 3. The predicted octanol–water partition coefficient (Wildman–Crippen LogP) is 3.45. The van der Waals surface area contributed by atoms with E-state index < -0.39 is 0 Å². The Labute approximate surface area is 127 Å². The van der Waals surface area contributed by atoms with Gasteiger partial charge in [-0.05, 0) is 37.8 Å². The van der Waals surface area contributed by atoms with Crippen LogP contribution >= 0.6 is 0 Å². The highest BCUT2D eigenvalue weighted by Gasteiger charge is 2.19. The molecule has 1 aromatic heterocycles. The number of para-hydroxylation sites is 1. The lowest BCUT2D eigenvalue weighted by molar-refractivity contribution is 0.421. The maximum absolute atomic E-state index is 4.29. The van der Waals surface area contributed by atoms with Crippen molar-refractivity contribution in [2.24, 2.45) is 0 Å². The van der Waals surface area contributed by atoms with Crippen molar-refractivity contribution in [1.29, 1.82) is 0 Å². The summed E-state index contributed by atoms with van der Waals surface area (Å²) in [5.74, 6) is 0. The van der Waals surface area contributed by atoms with E-state index in [9.17, 15) is 0 Å². The molecular weight excluding hydrogens is 260 g/mol. The molecule has 0 aliphatic rings. The lowest BCUT2D eigenvalue weighted by atomic mass is 9.86. The third-order valence-electron chi connectivity index (χ3n) is 3.30. The highest BCUT2D eigenvalue weighted by atomic mass is 15.4. The van der Waals surface area contributed by atoms with Gasteiger partial charge >= 0.3 is 0 Å². The molecule has 114 valence electrons. The molecule has 1 N–H and O–H groups in total. The molecule has 1 aromatic carbocycles. The van der Waals surface area contributed by atoms with Crippen LogP contribution in [-0.4, -0.2) is 20.5 Å². The Hall–Kier alpha value is -1.68. The van der Waals surface area contributed by atoms with E-state index in [1.54, 1.807) is 0 Å². The monoisotopic (exact) mass is 286 g/mol. The standard InChI is InChI=1S/C17H26N4/c1-16(2,3)14-9-7-8-10-15(14)21-12-13(19-20-21)11-18-17(4,5)6/h7-10,12,18H,11H2,1-6H3. The molecule has 0 unspecified atom stereocenters. The number of hydrogen-bond donors (Lipinski definition) is 1. The maximum atomic E-state index is 4.29. The van der Waals surface area contributed by atoms with E-state index in [4.69, 9.17) is 0 Å². The molecule has 0 aliphatic heterocycles. The summed E-state index contributed by atoms with van der Waals surface area (Å²) in [7, 11) is 0. The number of hydrogen-bond acceptors (Lipinski definition) is 3. The first-order valence-corrected chi connectivity index (χ1v) is 7.43.